The summed E-state index contributed by atoms with van der Waals surface area (Å²) < 4.78 is 6.94. The number of hydrogen-bond donors (Lipinski definition) is 1. The van der Waals surface area contributed by atoms with Crippen molar-refractivity contribution in [3.63, 3.8) is 0 Å². The van der Waals surface area contributed by atoms with Crippen molar-refractivity contribution < 1.29 is 9.53 Å². The Morgan fingerprint density at radius 3 is 2.50 bits per heavy atom. The Hall–Kier alpha value is -1.69. The van der Waals surface area contributed by atoms with Crippen molar-refractivity contribution in [1.29, 1.82) is 0 Å². The van der Waals surface area contributed by atoms with Gasteiger partial charge in [0.05, 0.1) is 18.2 Å². The highest BCUT2D eigenvalue weighted by Gasteiger charge is 2.17. The van der Waals surface area contributed by atoms with Crippen LogP contribution in [0.4, 0.5) is 11.4 Å². The number of ether oxygens (including phenoxy) is 1. The Bertz CT molecular complexity index is 767. The highest BCUT2D eigenvalue weighted by atomic mass is 35.5. The van der Waals surface area contributed by atoms with Gasteiger partial charge in [0, 0.05) is 31.5 Å². The lowest BCUT2D eigenvalue weighted by Crippen LogP contribution is -2.36. The van der Waals surface area contributed by atoms with Crippen LogP contribution in [0.3, 0.4) is 0 Å². The van der Waals surface area contributed by atoms with Gasteiger partial charge in [0.1, 0.15) is 10.8 Å². The van der Waals surface area contributed by atoms with Crippen molar-refractivity contribution in [2.75, 3.05) is 36.5 Å². The molecule has 2 aromatic rings. The van der Waals surface area contributed by atoms with Crippen LogP contribution in [0, 0.1) is 6.92 Å². The Labute approximate surface area is 151 Å². The summed E-state index contributed by atoms with van der Waals surface area (Å²) in [5.41, 5.74) is 3.32. The molecule has 1 saturated heterocycles. The van der Waals surface area contributed by atoms with Gasteiger partial charge >= 0.3 is 0 Å². The zero-order valence-electron chi connectivity index (χ0n) is 13.6. The molecule has 1 fully saturated rings. The van der Waals surface area contributed by atoms with Crippen LogP contribution in [0.1, 0.15) is 16.1 Å². The molecule has 128 valence electrons. The molecule has 1 aliphatic heterocycles. The van der Waals surface area contributed by atoms with Crippen LogP contribution in [0.15, 0.2) is 24.3 Å². The van der Waals surface area contributed by atoms with E-state index >= 15 is 0 Å². The standard InChI is InChI=1S/C17H19Cl2N3O2/c1-11-9-12(22-5-7-24-8-6-22)3-4-14(11)20-17(23)15-10-13(18)16(19)21(15)2/h3-4,9-10H,5-8H2,1-2H3,(H,20,23). The number of nitrogens with zero attached hydrogens (tertiary/aromatic N) is 2. The SMILES string of the molecule is Cc1cc(N2CCOCC2)ccc1NC(=O)c1cc(Cl)c(Cl)n1C. The van der Waals surface area contributed by atoms with Crippen molar-refractivity contribution in [3.05, 3.63) is 45.7 Å². The van der Waals surface area contributed by atoms with Crippen molar-refractivity contribution in [2.24, 2.45) is 7.05 Å². The van der Waals surface area contributed by atoms with E-state index in [1.807, 2.05) is 19.1 Å². The van der Waals surface area contributed by atoms with Crippen LogP contribution < -0.4 is 10.2 Å². The molecule has 0 radical (unpaired) electrons. The summed E-state index contributed by atoms with van der Waals surface area (Å²) in [4.78, 5) is 14.7. The minimum atomic E-state index is -0.242. The van der Waals surface area contributed by atoms with Gasteiger partial charge in [-0.05, 0) is 36.8 Å². The van der Waals surface area contributed by atoms with Gasteiger partial charge in [-0.3, -0.25) is 4.79 Å². The lowest BCUT2D eigenvalue weighted by atomic mass is 10.1. The lowest BCUT2D eigenvalue weighted by molar-refractivity contribution is 0.101. The van der Waals surface area contributed by atoms with Gasteiger partial charge in [-0.2, -0.15) is 0 Å². The minimum absolute atomic E-state index is 0.242. The number of carbonyl (C=O) groups excluding carboxylic acids is 1. The fourth-order valence-corrected chi connectivity index (χ4v) is 3.13. The second-order valence-electron chi connectivity index (χ2n) is 5.78. The second-order valence-corrected chi connectivity index (χ2v) is 6.55. The molecule has 1 N–H and O–H groups in total. The van der Waals surface area contributed by atoms with Crippen LogP contribution in [-0.4, -0.2) is 36.8 Å². The highest BCUT2D eigenvalue weighted by Crippen LogP contribution is 2.27. The molecule has 0 spiro atoms. The molecule has 1 aromatic carbocycles. The molecule has 0 bridgehead atoms. The predicted molar refractivity (Wildman–Crippen MR) is 97.6 cm³/mol. The van der Waals surface area contributed by atoms with E-state index < -0.39 is 0 Å². The summed E-state index contributed by atoms with van der Waals surface area (Å²) in [7, 11) is 1.71. The Morgan fingerprint density at radius 1 is 1.21 bits per heavy atom. The van der Waals surface area contributed by atoms with Gasteiger partial charge in [-0.1, -0.05) is 23.2 Å². The maximum atomic E-state index is 12.5. The average molecular weight is 368 g/mol. The van der Waals surface area contributed by atoms with Crippen LogP contribution in [0.25, 0.3) is 0 Å². The molecule has 1 amide bonds. The zero-order valence-corrected chi connectivity index (χ0v) is 15.1. The first kappa shape index (κ1) is 17.1. The number of nitrogens with one attached hydrogen (secondary N) is 1. The molecule has 5 nitrogen and oxygen atoms in total. The van der Waals surface area contributed by atoms with Gasteiger partial charge in [0.25, 0.3) is 5.91 Å². The molecule has 7 heteroatoms. The van der Waals surface area contributed by atoms with E-state index in [0.717, 1.165) is 43.2 Å². The van der Waals surface area contributed by atoms with E-state index in [0.29, 0.717) is 15.9 Å². The van der Waals surface area contributed by atoms with Crippen molar-refractivity contribution in [3.8, 4) is 0 Å². The first-order chi connectivity index (χ1) is 11.5. The number of morpholine rings is 1. The molecule has 3 rings (SSSR count). The maximum absolute atomic E-state index is 12.5. The molecular formula is C17H19Cl2N3O2. The van der Waals surface area contributed by atoms with Crippen LogP contribution in [0.5, 0.6) is 0 Å². The number of benzene rings is 1. The van der Waals surface area contributed by atoms with Crippen LogP contribution in [0.2, 0.25) is 10.2 Å². The Balaban J connectivity index is 1.77. The van der Waals surface area contributed by atoms with E-state index in [9.17, 15) is 4.79 Å². The van der Waals surface area contributed by atoms with Gasteiger partial charge in [-0.25, -0.2) is 0 Å². The first-order valence-corrected chi connectivity index (χ1v) is 8.48. The number of amides is 1. The van der Waals surface area contributed by atoms with E-state index in [1.54, 1.807) is 17.7 Å². The quantitative estimate of drug-likeness (QED) is 0.898. The molecular weight excluding hydrogens is 349 g/mol. The fourth-order valence-electron chi connectivity index (χ4n) is 2.75. The number of anilines is 2. The van der Waals surface area contributed by atoms with Crippen molar-refractivity contribution in [1.82, 2.24) is 4.57 Å². The lowest BCUT2D eigenvalue weighted by Gasteiger charge is -2.29. The van der Waals surface area contributed by atoms with Gasteiger partial charge in [-0.15, -0.1) is 0 Å². The molecule has 0 saturated carbocycles. The fraction of sp³-hybridized carbons (Fsp3) is 0.353. The normalized spacial score (nSPS) is 14.8. The molecule has 1 aliphatic rings. The molecule has 2 heterocycles. The monoisotopic (exact) mass is 367 g/mol. The third-order valence-corrected chi connectivity index (χ3v) is 5.03. The summed E-state index contributed by atoms with van der Waals surface area (Å²) in [5, 5.41) is 3.63. The Kier molecular flexibility index (Phi) is 5.04. The summed E-state index contributed by atoms with van der Waals surface area (Å²) in [6, 6.07) is 7.58. The molecule has 0 unspecified atom stereocenters. The summed E-state index contributed by atoms with van der Waals surface area (Å²) >= 11 is 12.0. The van der Waals surface area contributed by atoms with E-state index in [-0.39, 0.29) is 5.91 Å². The molecule has 24 heavy (non-hydrogen) atoms. The number of halogens is 2. The first-order valence-electron chi connectivity index (χ1n) is 7.73. The van der Waals surface area contributed by atoms with Gasteiger partial charge in [0.2, 0.25) is 0 Å². The topological polar surface area (TPSA) is 46.5 Å². The average Bonchev–Trinajstić information content (AvgIpc) is 2.85. The summed E-state index contributed by atoms with van der Waals surface area (Å²) in [6.07, 6.45) is 0. The van der Waals surface area contributed by atoms with Gasteiger partial charge < -0.3 is 19.5 Å². The molecule has 0 aliphatic carbocycles. The van der Waals surface area contributed by atoms with Crippen LogP contribution >= 0.6 is 23.2 Å². The molecule has 0 atom stereocenters. The maximum Gasteiger partial charge on any atom is 0.272 e. The Morgan fingerprint density at radius 2 is 1.92 bits per heavy atom. The van der Waals surface area contributed by atoms with Crippen LogP contribution in [-0.2, 0) is 11.8 Å². The van der Waals surface area contributed by atoms with E-state index in [4.69, 9.17) is 27.9 Å². The van der Waals surface area contributed by atoms with E-state index in [1.165, 1.54) is 0 Å². The van der Waals surface area contributed by atoms with E-state index in [2.05, 4.69) is 16.3 Å². The van der Waals surface area contributed by atoms with Crippen molar-refractivity contribution in [2.45, 2.75) is 6.92 Å². The number of aryl methyl sites for hydroxylation is 1. The number of carbonyl (C=O) groups is 1. The largest absolute Gasteiger partial charge is 0.378 e. The third kappa shape index (κ3) is 3.38. The van der Waals surface area contributed by atoms with Crippen molar-refractivity contribution >= 4 is 40.5 Å². The van der Waals surface area contributed by atoms with Gasteiger partial charge in [0.15, 0.2) is 0 Å². The number of rotatable bonds is 3. The second kappa shape index (κ2) is 7.05. The highest BCUT2D eigenvalue weighted by molar-refractivity contribution is 6.42. The summed E-state index contributed by atoms with van der Waals surface area (Å²) in [6.45, 7) is 5.22. The predicted octanol–water partition coefficient (Wildman–Crippen LogP) is 3.73. The third-order valence-electron chi connectivity index (χ3n) is 4.18. The molecule has 1 aromatic heterocycles. The number of hydrogen-bond acceptors (Lipinski definition) is 3. The number of aromatic nitrogens is 1. The minimum Gasteiger partial charge on any atom is -0.378 e. The zero-order chi connectivity index (χ0) is 17.3. The smallest absolute Gasteiger partial charge is 0.272 e. The summed E-state index contributed by atoms with van der Waals surface area (Å²) in [5.74, 6) is -0.242.